The van der Waals surface area contributed by atoms with Gasteiger partial charge in [0.05, 0.1) is 4.90 Å². The fourth-order valence-corrected chi connectivity index (χ4v) is 1.53. The van der Waals surface area contributed by atoms with Crippen LogP contribution in [0.1, 0.15) is 8.35 Å². The molecule has 0 aliphatic rings. The van der Waals surface area contributed by atoms with Gasteiger partial charge in [-0.3, -0.25) is 4.55 Å². The topological polar surface area (TPSA) is 95.5 Å². The van der Waals surface area contributed by atoms with Crippen molar-refractivity contribution in [3.63, 3.8) is 0 Å². The van der Waals surface area contributed by atoms with Gasteiger partial charge in [-0.2, -0.15) is 8.42 Å². The van der Waals surface area contributed by atoms with Crippen LogP contribution in [0.2, 0.25) is 0 Å². The fourth-order valence-electron chi connectivity index (χ4n) is 1.05. The second-order valence-corrected chi connectivity index (χ2v) is 4.41. The first-order chi connectivity index (χ1) is 7.43. The Kier molecular flexibility index (Phi) is 6.73. The number of hydrogen-bond donors (Lipinski definition) is 3. The predicted molar refractivity (Wildman–Crippen MR) is 60.1 cm³/mol. The second kappa shape index (κ2) is 6.97. The Morgan fingerprint density at radius 2 is 1.88 bits per heavy atom. The monoisotopic (exact) mass is 268 g/mol. The Morgan fingerprint density at radius 1 is 1.35 bits per heavy atom. The van der Waals surface area contributed by atoms with Crippen molar-refractivity contribution >= 4 is 21.8 Å². The summed E-state index contributed by atoms with van der Waals surface area (Å²) in [7, 11) is -4.19. The summed E-state index contributed by atoms with van der Waals surface area (Å²) in [5.74, 6) is 0. The van der Waals surface area contributed by atoms with Crippen molar-refractivity contribution in [3.05, 3.63) is 24.3 Å². The Bertz CT molecular complexity index is 478. The fraction of sp³-hybridized carbons (Fsp3) is 0.222. The molecule has 1 rings (SSSR count). The number of nitrogens with one attached hydrogen (secondary N) is 2. The van der Waals surface area contributed by atoms with Gasteiger partial charge in [0, 0.05) is 12.2 Å². The minimum Gasteiger partial charge on any atom is -1.00 e. The predicted octanol–water partition coefficient (Wildman–Crippen LogP) is -1.81. The molecule has 0 atom stereocenters. The van der Waals surface area contributed by atoms with Gasteiger partial charge >= 0.3 is 35.6 Å². The van der Waals surface area contributed by atoms with Crippen molar-refractivity contribution < 1.29 is 48.7 Å². The molecule has 3 N–H and O–H groups in total. The zero-order chi connectivity index (χ0) is 12.2. The molecule has 1 aromatic carbocycles. The largest absolute Gasteiger partial charge is 1.00 e. The van der Waals surface area contributed by atoms with E-state index in [1.807, 2.05) is 0 Å². The van der Waals surface area contributed by atoms with Crippen molar-refractivity contribution in [2.45, 2.75) is 11.8 Å². The molecule has 0 bridgehead atoms. The summed E-state index contributed by atoms with van der Waals surface area (Å²) in [5, 5.41) is 5.02. The normalized spacial score (nSPS) is 10.2. The van der Waals surface area contributed by atoms with Gasteiger partial charge in [-0.05, 0) is 31.2 Å². The number of urea groups is 1. The maximum absolute atomic E-state index is 11.1. The average molecular weight is 268 g/mol. The minimum absolute atomic E-state index is 0. The molecular formula is C9H13N2NaO4S. The summed E-state index contributed by atoms with van der Waals surface area (Å²) in [6.07, 6.45) is 0. The number of amides is 2. The summed E-state index contributed by atoms with van der Waals surface area (Å²) < 4.78 is 30.2. The van der Waals surface area contributed by atoms with Gasteiger partial charge in [-0.1, -0.05) is 0 Å². The molecule has 1 aromatic rings. The van der Waals surface area contributed by atoms with Crippen molar-refractivity contribution in [1.29, 1.82) is 0 Å². The van der Waals surface area contributed by atoms with Crippen LogP contribution in [-0.2, 0) is 10.1 Å². The Balaban J connectivity index is 0. The number of benzene rings is 1. The van der Waals surface area contributed by atoms with E-state index >= 15 is 0 Å². The molecule has 17 heavy (non-hydrogen) atoms. The van der Waals surface area contributed by atoms with E-state index in [4.69, 9.17) is 4.55 Å². The third kappa shape index (κ3) is 5.51. The van der Waals surface area contributed by atoms with Crippen molar-refractivity contribution in [3.8, 4) is 0 Å². The second-order valence-electron chi connectivity index (χ2n) is 2.98. The molecule has 8 heteroatoms. The molecule has 6 nitrogen and oxygen atoms in total. The Labute approximate surface area is 123 Å². The molecule has 0 heterocycles. The zero-order valence-electron chi connectivity index (χ0n) is 10.6. The maximum Gasteiger partial charge on any atom is 1.00 e. The summed E-state index contributed by atoms with van der Waals surface area (Å²) in [4.78, 5) is 10.9. The van der Waals surface area contributed by atoms with E-state index in [9.17, 15) is 13.2 Å². The first-order valence-electron chi connectivity index (χ1n) is 4.56. The third-order valence-electron chi connectivity index (χ3n) is 1.75. The van der Waals surface area contributed by atoms with Gasteiger partial charge in [0.15, 0.2) is 0 Å². The van der Waals surface area contributed by atoms with E-state index in [-0.39, 0.29) is 41.9 Å². The zero-order valence-corrected chi connectivity index (χ0v) is 12.4. The summed E-state index contributed by atoms with van der Waals surface area (Å²) in [6, 6.07) is 4.81. The maximum atomic E-state index is 11.1. The quantitative estimate of drug-likeness (QED) is 0.445. The molecule has 0 unspecified atom stereocenters. The smallest absolute Gasteiger partial charge is 1.00 e. The Hall–Kier alpha value is -0.600. The summed E-state index contributed by atoms with van der Waals surface area (Å²) in [6.45, 7) is 2.27. The van der Waals surface area contributed by atoms with Crippen LogP contribution < -0.4 is 40.2 Å². The van der Waals surface area contributed by atoms with Crippen LogP contribution in [0.4, 0.5) is 10.5 Å². The third-order valence-corrected chi connectivity index (χ3v) is 2.62. The van der Waals surface area contributed by atoms with Crippen LogP contribution in [0.3, 0.4) is 0 Å². The minimum atomic E-state index is -4.19. The summed E-state index contributed by atoms with van der Waals surface area (Å²) in [5.41, 5.74) is 0.443. The van der Waals surface area contributed by atoms with E-state index in [2.05, 4.69) is 10.6 Å². The van der Waals surface area contributed by atoms with Crippen LogP contribution in [0, 0.1) is 0 Å². The number of hydrogen-bond acceptors (Lipinski definition) is 3. The molecule has 0 aromatic heterocycles. The van der Waals surface area contributed by atoms with Crippen molar-refractivity contribution in [2.75, 3.05) is 11.9 Å². The first-order valence-corrected chi connectivity index (χ1v) is 6.00. The molecule has 90 valence electrons. The van der Waals surface area contributed by atoms with Gasteiger partial charge in [0.25, 0.3) is 10.1 Å². The van der Waals surface area contributed by atoms with E-state index in [0.29, 0.717) is 12.2 Å². The number of rotatable bonds is 3. The van der Waals surface area contributed by atoms with E-state index in [1.54, 1.807) is 6.92 Å². The number of anilines is 1. The van der Waals surface area contributed by atoms with Crippen LogP contribution >= 0.6 is 0 Å². The van der Waals surface area contributed by atoms with E-state index in [1.165, 1.54) is 24.3 Å². The van der Waals surface area contributed by atoms with Crippen LogP contribution in [-0.4, -0.2) is 25.5 Å². The van der Waals surface area contributed by atoms with Gasteiger partial charge in [0.1, 0.15) is 0 Å². The molecule has 0 fully saturated rings. The van der Waals surface area contributed by atoms with E-state index in [0.717, 1.165) is 0 Å². The van der Waals surface area contributed by atoms with Gasteiger partial charge < -0.3 is 12.1 Å². The van der Waals surface area contributed by atoms with Crippen LogP contribution in [0.25, 0.3) is 0 Å². The van der Waals surface area contributed by atoms with Gasteiger partial charge in [0.2, 0.25) is 0 Å². The molecule has 0 aliphatic heterocycles. The molecule has 2 amide bonds. The molecular weight excluding hydrogens is 255 g/mol. The van der Waals surface area contributed by atoms with Crippen molar-refractivity contribution in [1.82, 2.24) is 5.32 Å². The number of carbonyl (C=O) groups is 1. The number of carbonyl (C=O) groups excluding carboxylic acids is 1. The first kappa shape index (κ1) is 16.4. The molecule has 0 aliphatic carbocycles. The van der Waals surface area contributed by atoms with Crippen LogP contribution in [0.15, 0.2) is 29.2 Å². The molecule has 0 saturated heterocycles. The average Bonchev–Trinajstić information content (AvgIpc) is 2.17. The standard InChI is InChI=1S/C9H12N2O4S.Na.H/c1-2-10-9(12)11-7-3-5-8(6-4-7)16(13,14)15;;/h3-6H,2H2,1H3,(H2,10,11,12)(H,13,14,15);;/q;+1;-1. The summed E-state index contributed by atoms with van der Waals surface area (Å²) >= 11 is 0. The van der Waals surface area contributed by atoms with E-state index < -0.39 is 10.1 Å². The van der Waals surface area contributed by atoms with Gasteiger partial charge in [-0.25, -0.2) is 4.79 Å². The molecule has 0 saturated carbocycles. The Morgan fingerprint density at radius 3 is 2.29 bits per heavy atom. The SMILES string of the molecule is CCNC(=O)Nc1ccc(S(=O)(=O)O)cc1.[H-].[Na+]. The van der Waals surface area contributed by atoms with Crippen molar-refractivity contribution in [2.24, 2.45) is 0 Å². The molecule has 0 spiro atoms. The van der Waals surface area contributed by atoms with Crippen LogP contribution in [0.5, 0.6) is 0 Å². The molecule has 0 radical (unpaired) electrons. The van der Waals surface area contributed by atoms with Gasteiger partial charge in [-0.15, -0.1) is 0 Å².